The van der Waals surface area contributed by atoms with E-state index in [2.05, 4.69) is 28.9 Å². The van der Waals surface area contributed by atoms with E-state index in [-0.39, 0.29) is 0 Å². The molecule has 116 valence electrons. The molecule has 1 aromatic carbocycles. The molecule has 2 saturated heterocycles. The highest BCUT2D eigenvalue weighted by Crippen LogP contribution is 2.23. The van der Waals surface area contributed by atoms with Gasteiger partial charge in [0.05, 0.1) is 0 Å². The molecular formula is C17H26ClN3. The number of benzene rings is 1. The molecule has 0 aliphatic carbocycles. The average molecular weight is 308 g/mol. The molecule has 0 bridgehead atoms. The second kappa shape index (κ2) is 6.66. The van der Waals surface area contributed by atoms with Crippen LogP contribution >= 0.6 is 11.6 Å². The molecule has 0 radical (unpaired) electrons. The summed E-state index contributed by atoms with van der Waals surface area (Å²) in [6.07, 6.45) is 3.61. The molecule has 2 N–H and O–H groups in total. The van der Waals surface area contributed by atoms with Crippen LogP contribution in [0.2, 0.25) is 5.02 Å². The zero-order valence-corrected chi connectivity index (χ0v) is 13.6. The van der Waals surface area contributed by atoms with Gasteiger partial charge in [0.1, 0.15) is 0 Å². The molecule has 2 heterocycles. The second-order valence-corrected chi connectivity index (χ2v) is 7.06. The van der Waals surface area contributed by atoms with E-state index < -0.39 is 0 Å². The zero-order valence-electron chi connectivity index (χ0n) is 12.9. The number of rotatable bonds is 3. The zero-order chi connectivity index (χ0) is 14.8. The highest BCUT2D eigenvalue weighted by Gasteiger charge is 2.29. The van der Waals surface area contributed by atoms with Gasteiger partial charge in [-0.2, -0.15) is 0 Å². The fourth-order valence-corrected chi connectivity index (χ4v) is 3.84. The Bertz CT molecular complexity index is 483. The molecule has 3 rings (SSSR count). The quantitative estimate of drug-likeness (QED) is 0.932. The molecule has 0 aromatic heterocycles. The summed E-state index contributed by atoms with van der Waals surface area (Å²) in [7, 11) is 0. The topological polar surface area (TPSA) is 32.5 Å². The summed E-state index contributed by atoms with van der Waals surface area (Å²) in [5.41, 5.74) is 8.71. The van der Waals surface area contributed by atoms with Gasteiger partial charge in [-0.3, -0.25) is 9.80 Å². The van der Waals surface area contributed by atoms with Crippen LogP contribution in [0, 0.1) is 6.92 Å². The van der Waals surface area contributed by atoms with Crippen molar-refractivity contribution < 1.29 is 0 Å². The van der Waals surface area contributed by atoms with Crippen LogP contribution in [0.15, 0.2) is 18.2 Å². The Balaban J connectivity index is 1.55. The molecule has 2 aliphatic heterocycles. The predicted molar refractivity (Wildman–Crippen MR) is 88.7 cm³/mol. The van der Waals surface area contributed by atoms with Crippen molar-refractivity contribution in [3.63, 3.8) is 0 Å². The molecule has 0 spiro atoms. The smallest absolute Gasteiger partial charge is 0.0408 e. The molecule has 21 heavy (non-hydrogen) atoms. The van der Waals surface area contributed by atoms with E-state index in [4.69, 9.17) is 17.3 Å². The largest absolute Gasteiger partial charge is 0.328 e. The Kier molecular flexibility index (Phi) is 4.85. The van der Waals surface area contributed by atoms with Crippen molar-refractivity contribution in [1.29, 1.82) is 0 Å². The van der Waals surface area contributed by atoms with E-state index in [0.29, 0.717) is 6.04 Å². The van der Waals surface area contributed by atoms with E-state index in [0.717, 1.165) is 30.5 Å². The Morgan fingerprint density at radius 2 is 1.95 bits per heavy atom. The first-order chi connectivity index (χ1) is 10.1. The summed E-state index contributed by atoms with van der Waals surface area (Å²) < 4.78 is 0. The monoisotopic (exact) mass is 307 g/mol. The normalized spacial score (nSPS) is 25.6. The highest BCUT2D eigenvalue weighted by molar-refractivity contribution is 6.30. The van der Waals surface area contributed by atoms with E-state index >= 15 is 0 Å². The standard InChI is InChI=1S/C17H26ClN3/c1-13-10-15(18)3-2-14(13)11-20-7-6-17(12-20)21-8-4-16(19)5-9-21/h2-3,10,16-17H,4-9,11-12,19H2,1H3. The lowest BCUT2D eigenvalue weighted by molar-refractivity contribution is 0.151. The molecular weight excluding hydrogens is 282 g/mol. The van der Waals surface area contributed by atoms with E-state index in [1.165, 1.54) is 43.7 Å². The van der Waals surface area contributed by atoms with Crippen LogP contribution in [0.1, 0.15) is 30.4 Å². The number of halogens is 1. The minimum atomic E-state index is 0.426. The third-order valence-corrected chi connectivity index (χ3v) is 5.27. The van der Waals surface area contributed by atoms with Crippen molar-refractivity contribution in [3.05, 3.63) is 34.3 Å². The Morgan fingerprint density at radius 1 is 1.19 bits per heavy atom. The maximum atomic E-state index is 6.04. The van der Waals surface area contributed by atoms with Crippen molar-refractivity contribution >= 4 is 11.6 Å². The molecule has 2 aliphatic rings. The van der Waals surface area contributed by atoms with Gasteiger partial charge in [0.15, 0.2) is 0 Å². The maximum Gasteiger partial charge on any atom is 0.0408 e. The number of hydrogen-bond donors (Lipinski definition) is 1. The SMILES string of the molecule is Cc1cc(Cl)ccc1CN1CCC(N2CCC(N)CC2)C1. The number of nitrogens with zero attached hydrogens (tertiary/aromatic N) is 2. The van der Waals surface area contributed by atoms with Gasteiger partial charge in [-0.25, -0.2) is 0 Å². The lowest BCUT2D eigenvalue weighted by atomic mass is 10.0. The summed E-state index contributed by atoms with van der Waals surface area (Å²) in [6, 6.07) is 7.39. The third-order valence-electron chi connectivity index (χ3n) is 5.04. The average Bonchev–Trinajstić information content (AvgIpc) is 2.91. The summed E-state index contributed by atoms with van der Waals surface area (Å²) in [4.78, 5) is 5.23. The van der Waals surface area contributed by atoms with Crippen molar-refractivity contribution in [1.82, 2.24) is 9.80 Å². The number of piperidine rings is 1. The number of nitrogens with two attached hydrogens (primary N) is 1. The molecule has 0 amide bonds. The fourth-order valence-electron chi connectivity index (χ4n) is 3.62. The van der Waals surface area contributed by atoms with Crippen LogP contribution in [-0.2, 0) is 6.54 Å². The highest BCUT2D eigenvalue weighted by atomic mass is 35.5. The van der Waals surface area contributed by atoms with Crippen LogP contribution in [0.4, 0.5) is 0 Å². The van der Waals surface area contributed by atoms with Gasteiger partial charge < -0.3 is 5.73 Å². The lowest BCUT2D eigenvalue weighted by Gasteiger charge is -2.34. The number of aryl methyl sites for hydroxylation is 1. The van der Waals surface area contributed by atoms with E-state index in [1.807, 2.05) is 6.07 Å². The van der Waals surface area contributed by atoms with Gasteiger partial charge in [0.25, 0.3) is 0 Å². The summed E-state index contributed by atoms with van der Waals surface area (Å²) in [5.74, 6) is 0. The Labute approximate surface area is 133 Å². The van der Waals surface area contributed by atoms with Gasteiger partial charge >= 0.3 is 0 Å². The first-order valence-corrected chi connectivity index (χ1v) is 8.46. The molecule has 1 atom stereocenters. The minimum absolute atomic E-state index is 0.426. The Hall–Kier alpha value is -0.610. The maximum absolute atomic E-state index is 6.04. The van der Waals surface area contributed by atoms with Gasteiger partial charge in [-0.15, -0.1) is 0 Å². The lowest BCUT2D eigenvalue weighted by Crippen LogP contribution is -2.46. The number of hydrogen-bond acceptors (Lipinski definition) is 3. The van der Waals surface area contributed by atoms with E-state index in [1.54, 1.807) is 0 Å². The molecule has 2 fully saturated rings. The minimum Gasteiger partial charge on any atom is -0.328 e. The fraction of sp³-hybridized carbons (Fsp3) is 0.647. The van der Waals surface area contributed by atoms with Crippen LogP contribution in [-0.4, -0.2) is 48.1 Å². The van der Waals surface area contributed by atoms with Gasteiger partial charge in [-0.1, -0.05) is 17.7 Å². The van der Waals surface area contributed by atoms with Crippen molar-refractivity contribution in [2.45, 2.75) is 44.8 Å². The van der Waals surface area contributed by atoms with Gasteiger partial charge in [0.2, 0.25) is 0 Å². The van der Waals surface area contributed by atoms with Gasteiger partial charge in [-0.05, 0) is 62.5 Å². The first-order valence-electron chi connectivity index (χ1n) is 8.09. The second-order valence-electron chi connectivity index (χ2n) is 6.62. The summed E-state index contributed by atoms with van der Waals surface area (Å²) in [6.45, 7) is 7.96. The van der Waals surface area contributed by atoms with Crippen molar-refractivity contribution in [2.75, 3.05) is 26.2 Å². The number of likely N-dealkylation sites (tertiary alicyclic amines) is 2. The van der Waals surface area contributed by atoms with Gasteiger partial charge in [0, 0.05) is 36.7 Å². The van der Waals surface area contributed by atoms with Crippen LogP contribution in [0.5, 0.6) is 0 Å². The van der Waals surface area contributed by atoms with Crippen LogP contribution in [0.25, 0.3) is 0 Å². The van der Waals surface area contributed by atoms with Crippen molar-refractivity contribution in [3.8, 4) is 0 Å². The van der Waals surface area contributed by atoms with Crippen LogP contribution in [0.3, 0.4) is 0 Å². The predicted octanol–water partition coefficient (Wildman–Crippen LogP) is 2.65. The summed E-state index contributed by atoms with van der Waals surface area (Å²) >= 11 is 6.04. The van der Waals surface area contributed by atoms with Crippen molar-refractivity contribution in [2.24, 2.45) is 5.73 Å². The van der Waals surface area contributed by atoms with E-state index in [9.17, 15) is 0 Å². The third kappa shape index (κ3) is 3.78. The molecule has 1 unspecified atom stereocenters. The molecule has 1 aromatic rings. The van der Waals surface area contributed by atoms with Crippen LogP contribution < -0.4 is 5.73 Å². The Morgan fingerprint density at radius 3 is 2.67 bits per heavy atom. The molecule has 4 heteroatoms. The molecule has 3 nitrogen and oxygen atoms in total. The summed E-state index contributed by atoms with van der Waals surface area (Å²) in [5, 5.41) is 0.834. The molecule has 0 saturated carbocycles. The first kappa shape index (κ1) is 15.3.